The number of methoxy groups -OCH3 is 1. The second-order valence-corrected chi connectivity index (χ2v) is 4.99. The molecule has 0 radical (unpaired) electrons. The summed E-state index contributed by atoms with van der Waals surface area (Å²) < 4.78 is 5.45. The molecule has 0 heterocycles. The topological polar surface area (TPSA) is 96.9 Å². The number of carbonyl (C=O) groups is 1. The molecule has 0 aromatic heterocycles. The third kappa shape index (κ3) is 2.91. The Morgan fingerprint density at radius 3 is 2.75 bits per heavy atom. The summed E-state index contributed by atoms with van der Waals surface area (Å²) in [4.78, 5) is 12.1. The van der Waals surface area contributed by atoms with Crippen LogP contribution in [0.25, 0.3) is 0 Å². The quantitative estimate of drug-likeness (QED) is 0.325. The Bertz CT molecular complexity index is 519. The third-order valence-corrected chi connectivity index (χ3v) is 3.80. The van der Waals surface area contributed by atoms with E-state index in [0.29, 0.717) is 17.7 Å². The number of benzene rings is 1. The van der Waals surface area contributed by atoms with Crippen LogP contribution in [0.15, 0.2) is 29.4 Å². The summed E-state index contributed by atoms with van der Waals surface area (Å²) in [6.45, 7) is 0.496. The fourth-order valence-corrected chi connectivity index (χ4v) is 2.25. The molecule has 6 heteroatoms. The van der Waals surface area contributed by atoms with Crippen LogP contribution in [0.5, 0.6) is 0 Å². The first-order valence-corrected chi connectivity index (χ1v) is 6.51. The van der Waals surface area contributed by atoms with Crippen molar-refractivity contribution >= 4 is 11.7 Å². The summed E-state index contributed by atoms with van der Waals surface area (Å²) in [5.74, 6) is -0.215. The Morgan fingerprint density at radius 1 is 1.50 bits per heavy atom. The van der Waals surface area contributed by atoms with E-state index in [1.807, 2.05) is 0 Å². The van der Waals surface area contributed by atoms with E-state index in [2.05, 4.69) is 10.5 Å². The van der Waals surface area contributed by atoms with Crippen molar-refractivity contribution in [1.29, 1.82) is 0 Å². The molecule has 1 amide bonds. The van der Waals surface area contributed by atoms with Crippen molar-refractivity contribution in [3.63, 3.8) is 0 Å². The summed E-state index contributed by atoms with van der Waals surface area (Å²) in [6, 6.07) is 6.64. The Kier molecular flexibility index (Phi) is 4.24. The minimum atomic E-state index is -0.209. The molecule has 1 aromatic carbocycles. The maximum Gasteiger partial charge on any atom is 0.251 e. The van der Waals surface area contributed by atoms with Gasteiger partial charge in [-0.15, -0.1) is 0 Å². The first kappa shape index (κ1) is 14.3. The molecule has 0 spiro atoms. The van der Waals surface area contributed by atoms with Gasteiger partial charge in [0.2, 0.25) is 0 Å². The van der Waals surface area contributed by atoms with E-state index >= 15 is 0 Å². The molecule has 1 aromatic rings. The van der Waals surface area contributed by atoms with E-state index in [0.717, 1.165) is 19.3 Å². The van der Waals surface area contributed by atoms with Crippen LogP contribution in [-0.2, 0) is 4.74 Å². The first-order chi connectivity index (χ1) is 9.60. The SMILES string of the molecule is COC1(CNC(=O)c2cccc(/C(N)=N/O)c2)CCC1. The van der Waals surface area contributed by atoms with Crippen molar-refractivity contribution in [3.05, 3.63) is 35.4 Å². The lowest BCUT2D eigenvalue weighted by Gasteiger charge is -2.40. The zero-order valence-corrected chi connectivity index (χ0v) is 11.4. The average molecular weight is 277 g/mol. The van der Waals surface area contributed by atoms with Crippen LogP contribution in [0.4, 0.5) is 0 Å². The molecular formula is C14H19N3O3. The Balaban J connectivity index is 2.02. The van der Waals surface area contributed by atoms with Gasteiger partial charge in [-0.25, -0.2) is 0 Å². The predicted octanol–water partition coefficient (Wildman–Crippen LogP) is 1.08. The number of nitrogens with one attached hydrogen (secondary N) is 1. The van der Waals surface area contributed by atoms with Crippen molar-refractivity contribution in [2.24, 2.45) is 10.9 Å². The monoisotopic (exact) mass is 277 g/mol. The lowest BCUT2D eigenvalue weighted by Crippen LogP contribution is -2.49. The summed E-state index contributed by atoms with van der Waals surface area (Å²) in [7, 11) is 1.67. The highest BCUT2D eigenvalue weighted by Gasteiger charge is 2.37. The summed E-state index contributed by atoms with van der Waals surface area (Å²) in [5.41, 5.74) is 6.27. The summed E-state index contributed by atoms with van der Waals surface area (Å²) >= 11 is 0. The van der Waals surface area contributed by atoms with Crippen LogP contribution in [0.3, 0.4) is 0 Å². The molecule has 0 aliphatic heterocycles. The van der Waals surface area contributed by atoms with Crippen LogP contribution in [0.2, 0.25) is 0 Å². The van der Waals surface area contributed by atoms with E-state index in [1.165, 1.54) is 0 Å². The molecule has 1 fully saturated rings. The number of ether oxygens (including phenoxy) is 1. The minimum Gasteiger partial charge on any atom is -0.409 e. The number of nitrogens with zero attached hydrogens (tertiary/aromatic N) is 1. The van der Waals surface area contributed by atoms with Gasteiger partial charge in [-0.3, -0.25) is 4.79 Å². The van der Waals surface area contributed by atoms with Crippen LogP contribution in [-0.4, -0.2) is 36.2 Å². The first-order valence-electron chi connectivity index (χ1n) is 6.51. The van der Waals surface area contributed by atoms with Gasteiger partial charge in [-0.05, 0) is 31.4 Å². The Morgan fingerprint density at radius 2 is 2.20 bits per heavy atom. The summed E-state index contributed by atoms with van der Waals surface area (Å²) in [6.07, 6.45) is 3.06. The van der Waals surface area contributed by atoms with E-state index in [9.17, 15) is 4.79 Å². The molecule has 108 valence electrons. The highest BCUT2D eigenvalue weighted by Crippen LogP contribution is 2.34. The molecule has 6 nitrogen and oxygen atoms in total. The molecule has 2 rings (SSSR count). The van der Waals surface area contributed by atoms with Gasteiger partial charge in [-0.1, -0.05) is 17.3 Å². The number of oxime groups is 1. The lowest BCUT2D eigenvalue weighted by molar-refractivity contribution is -0.0679. The van der Waals surface area contributed by atoms with Crippen molar-refractivity contribution in [2.75, 3.05) is 13.7 Å². The number of hydrogen-bond acceptors (Lipinski definition) is 4. The second kappa shape index (κ2) is 5.92. The van der Waals surface area contributed by atoms with Crippen LogP contribution in [0.1, 0.15) is 35.2 Å². The van der Waals surface area contributed by atoms with E-state index < -0.39 is 0 Å². The standard InChI is InChI=1S/C14H19N3O3/c1-20-14(6-3-7-14)9-16-13(18)11-5-2-4-10(8-11)12(15)17-19/h2,4-5,8,19H,3,6-7,9H2,1H3,(H2,15,17)(H,16,18). The van der Waals surface area contributed by atoms with Gasteiger partial charge in [0.15, 0.2) is 5.84 Å². The molecule has 20 heavy (non-hydrogen) atoms. The van der Waals surface area contributed by atoms with Crippen molar-refractivity contribution < 1.29 is 14.7 Å². The highest BCUT2D eigenvalue weighted by molar-refractivity contribution is 6.01. The maximum atomic E-state index is 12.1. The lowest BCUT2D eigenvalue weighted by atomic mass is 9.80. The third-order valence-electron chi connectivity index (χ3n) is 3.80. The second-order valence-electron chi connectivity index (χ2n) is 4.99. The van der Waals surface area contributed by atoms with Crippen LogP contribution >= 0.6 is 0 Å². The number of carbonyl (C=O) groups excluding carboxylic acids is 1. The van der Waals surface area contributed by atoms with Crippen molar-refractivity contribution in [1.82, 2.24) is 5.32 Å². The zero-order valence-electron chi connectivity index (χ0n) is 11.4. The molecule has 0 bridgehead atoms. The number of rotatable bonds is 5. The van der Waals surface area contributed by atoms with Crippen LogP contribution in [0, 0.1) is 0 Å². The van der Waals surface area contributed by atoms with Crippen molar-refractivity contribution in [3.8, 4) is 0 Å². The molecule has 0 atom stereocenters. The number of hydrogen-bond donors (Lipinski definition) is 3. The number of amidine groups is 1. The van der Waals surface area contributed by atoms with Crippen LogP contribution < -0.4 is 11.1 Å². The van der Waals surface area contributed by atoms with Gasteiger partial charge < -0.3 is 21.0 Å². The largest absolute Gasteiger partial charge is 0.409 e. The van der Waals surface area contributed by atoms with E-state index in [-0.39, 0.29) is 17.3 Å². The van der Waals surface area contributed by atoms with E-state index in [1.54, 1.807) is 31.4 Å². The van der Waals surface area contributed by atoms with Gasteiger partial charge in [0.25, 0.3) is 5.91 Å². The smallest absolute Gasteiger partial charge is 0.251 e. The molecule has 1 aliphatic rings. The molecular weight excluding hydrogens is 258 g/mol. The zero-order chi connectivity index (χ0) is 14.6. The van der Waals surface area contributed by atoms with Gasteiger partial charge >= 0.3 is 0 Å². The summed E-state index contributed by atoms with van der Waals surface area (Å²) in [5, 5.41) is 14.4. The molecule has 4 N–H and O–H groups in total. The van der Waals surface area contributed by atoms with Gasteiger partial charge in [0.1, 0.15) is 0 Å². The van der Waals surface area contributed by atoms with Gasteiger partial charge in [0, 0.05) is 24.8 Å². The molecule has 1 aliphatic carbocycles. The fourth-order valence-electron chi connectivity index (χ4n) is 2.25. The van der Waals surface area contributed by atoms with Crippen molar-refractivity contribution in [2.45, 2.75) is 24.9 Å². The predicted molar refractivity (Wildman–Crippen MR) is 74.9 cm³/mol. The number of nitrogens with two attached hydrogens (primary N) is 1. The van der Waals surface area contributed by atoms with Gasteiger partial charge in [-0.2, -0.15) is 0 Å². The van der Waals surface area contributed by atoms with Gasteiger partial charge in [0.05, 0.1) is 5.60 Å². The molecule has 0 saturated heterocycles. The molecule has 1 saturated carbocycles. The number of amides is 1. The fraction of sp³-hybridized carbons (Fsp3) is 0.429. The normalized spacial score (nSPS) is 17.4. The Hall–Kier alpha value is -2.08. The average Bonchev–Trinajstić information content (AvgIpc) is 2.45. The Labute approximate surface area is 117 Å². The maximum absolute atomic E-state index is 12.1. The van der Waals surface area contributed by atoms with E-state index in [4.69, 9.17) is 15.7 Å². The minimum absolute atomic E-state index is 0.0213. The highest BCUT2D eigenvalue weighted by atomic mass is 16.5. The molecule has 0 unspecified atom stereocenters.